The number of anilines is 1. The van der Waals surface area contributed by atoms with Gasteiger partial charge < -0.3 is 0 Å². The lowest BCUT2D eigenvalue weighted by Gasteiger charge is -2.11. The van der Waals surface area contributed by atoms with Gasteiger partial charge in [0.05, 0.1) is 11.3 Å². The average molecular weight is 399 g/mol. The zero-order valence-electron chi connectivity index (χ0n) is 15.4. The van der Waals surface area contributed by atoms with Crippen molar-refractivity contribution in [3.8, 4) is 0 Å². The molecular formula is C18H18N6OS2. The van der Waals surface area contributed by atoms with Crippen LogP contribution >= 0.6 is 23.1 Å². The molecule has 0 bridgehead atoms. The third kappa shape index (κ3) is 3.40. The summed E-state index contributed by atoms with van der Waals surface area (Å²) in [7, 11) is 0. The van der Waals surface area contributed by atoms with Crippen LogP contribution in [0.3, 0.4) is 0 Å². The molecule has 1 N–H and O–H groups in total. The number of pyridine rings is 1. The number of aryl methyl sites for hydroxylation is 4. The standard InChI is InChI=1S/C18H18N6OS2/c1-9-5-11(3)16-13(6-9)10(2)7-14-21-23-18(24(14)16)26-8-15(25)19-17-22-20-12(4)27-17/h5-7H,8H2,1-4H3,(H,19,22,25). The summed E-state index contributed by atoms with van der Waals surface area (Å²) in [5.74, 6) is 0.0801. The van der Waals surface area contributed by atoms with E-state index in [2.05, 4.69) is 58.6 Å². The molecule has 0 fully saturated rings. The molecule has 0 atom stereocenters. The number of nitrogens with one attached hydrogen (secondary N) is 1. The highest BCUT2D eigenvalue weighted by atomic mass is 32.2. The Hall–Kier alpha value is -2.52. The molecule has 4 aromatic rings. The van der Waals surface area contributed by atoms with Crippen molar-refractivity contribution in [2.45, 2.75) is 32.9 Å². The van der Waals surface area contributed by atoms with Crippen LogP contribution in [-0.2, 0) is 4.79 Å². The molecule has 0 spiro atoms. The van der Waals surface area contributed by atoms with Crippen LogP contribution in [0.25, 0.3) is 16.6 Å². The topological polar surface area (TPSA) is 85.1 Å². The van der Waals surface area contributed by atoms with E-state index in [1.54, 1.807) is 0 Å². The van der Waals surface area contributed by atoms with Gasteiger partial charge in [0.1, 0.15) is 5.01 Å². The Balaban J connectivity index is 1.66. The van der Waals surface area contributed by atoms with E-state index in [0.29, 0.717) is 10.3 Å². The minimum Gasteiger partial charge on any atom is -0.300 e. The van der Waals surface area contributed by atoms with Gasteiger partial charge in [-0.25, -0.2) is 0 Å². The first-order valence-corrected chi connectivity index (χ1v) is 10.2. The molecule has 138 valence electrons. The maximum atomic E-state index is 12.2. The molecule has 27 heavy (non-hydrogen) atoms. The highest BCUT2D eigenvalue weighted by Crippen LogP contribution is 2.29. The van der Waals surface area contributed by atoms with Gasteiger partial charge in [0.15, 0.2) is 10.8 Å². The predicted octanol–water partition coefficient (Wildman–Crippen LogP) is 3.70. The summed E-state index contributed by atoms with van der Waals surface area (Å²) in [5.41, 5.74) is 5.42. The number of nitrogens with zero attached hydrogens (tertiary/aromatic N) is 5. The smallest absolute Gasteiger partial charge is 0.236 e. The van der Waals surface area contributed by atoms with Crippen LogP contribution in [0.5, 0.6) is 0 Å². The number of thioether (sulfide) groups is 1. The molecule has 7 nitrogen and oxygen atoms in total. The van der Waals surface area contributed by atoms with Gasteiger partial charge in [-0.2, -0.15) is 0 Å². The lowest BCUT2D eigenvalue weighted by molar-refractivity contribution is -0.113. The molecule has 0 saturated heterocycles. The van der Waals surface area contributed by atoms with Crippen molar-refractivity contribution in [1.29, 1.82) is 0 Å². The van der Waals surface area contributed by atoms with Gasteiger partial charge in [-0.1, -0.05) is 34.7 Å². The Bertz CT molecular complexity index is 1180. The highest BCUT2D eigenvalue weighted by molar-refractivity contribution is 7.99. The van der Waals surface area contributed by atoms with Crippen molar-refractivity contribution in [3.63, 3.8) is 0 Å². The number of benzene rings is 1. The summed E-state index contributed by atoms with van der Waals surface area (Å²) in [6.45, 7) is 8.12. The van der Waals surface area contributed by atoms with E-state index >= 15 is 0 Å². The molecular weight excluding hydrogens is 380 g/mol. The lowest BCUT2D eigenvalue weighted by Crippen LogP contribution is -2.14. The summed E-state index contributed by atoms with van der Waals surface area (Å²) in [6, 6.07) is 6.36. The Morgan fingerprint density at radius 2 is 1.89 bits per heavy atom. The second-order valence-electron chi connectivity index (χ2n) is 6.44. The van der Waals surface area contributed by atoms with E-state index in [0.717, 1.165) is 27.3 Å². The molecule has 0 unspecified atom stereocenters. The Morgan fingerprint density at radius 3 is 2.63 bits per heavy atom. The summed E-state index contributed by atoms with van der Waals surface area (Å²) in [4.78, 5) is 12.2. The fraction of sp³-hybridized carbons (Fsp3) is 0.278. The Labute approximate surface area is 164 Å². The van der Waals surface area contributed by atoms with Crippen LogP contribution in [0.4, 0.5) is 5.13 Å². The van der Waals surface area contributed by atoms with Crippen molar-refractivity contribution in [2.24, 2.45) is 0 Å². The zero-order chi connectivity index (χ0) is 19.1. The van der Waals surface area contributed by atoms with E-state index in [-0.39, 0.29) is 11.7 Å². The number of amides is 1. The van der Waals surface area contributed by atoms with Gasteiger partial charge in [0.2, 0.25) is 11.0 Å². The number of carbonyl (C=O) groups excluding carboxylic acids is 1. The van der Waals surface area contributed by atoms with Crippen LogP contribution in [0.15, 0.2) is 23.4 Å². The monoisotopic (exact) mass is 398 g/mol. The van der Waals surface area contributed by atoms with E-state index in [1.807, 2.05) is 17.4 Å². The van der Waals surface area contributed by atoms with Crippen molar-refractivity contribution in [2.75, 3.05) is 11.1 Å². The van der Waals surface area contributed by atoms with Gasteiger partial charge in [0, 0.05) is 5.39 Å². The molecule has 4 rings (SSSR count). The van der Waals surface area contributed by atoms with E-state index in [9.17, 15) is 4.79 Å². The van der Waals surface area contributed by atoms with Crippen molar-refractivity contribution >= 4 is 50.7 Å². The summed E-state index contributed by atoms with van der Waals surface area (Å²) < 4.78 is 2.03. The predicted molar refractivity (Wildman–Crippen MR) is 109 cm³/mol. The normalized spacial score (nSPS) is 11.4. The number of hydrogen-bond donors (Lipinski definition) is 1. The van der Waals surface area contributed by atoms with Crippen LogP contribution in [0.1, 0.15) is 21.7 Å². The van der Waals surface area contributed by atoms with Gasteiger partial charge >= 0.3 is 0 Å². The second kappa shape index (κ2) is 6.90. The first-order chi connectivity index (χ1) is 12.9. The summed E-state index contributed by atoms with van der Waals surface area (Å²) in [6.07, 6.45) is 0. The molecule has 0 aliphatic rings. The number of rotatable bonds is 4. The minimum absolute atomic E-state index is 0.142. The van der Waals surface area contributed by atoms with Gasteiger partial charge in [0.25, 0.3) is 0 Å². The molecule has 0 saturated carbocycles. The molecule has 1 aromatic carbocycles. The first kappa shape index (κ1) is 17.9. The molecule has 1 amide bonds. The molecule has 3 heterocycles. The molecule has 0 aliphatic heterocycles. The molecule has 0 radical (unpaired) electrons. The number of hydrogen-bond acceptors (Lipinski definition) is 7. The van der Waals surface area contributed by atoms with Crippen molar-refractivity contribution in [3.05, 3.63) is 39.9 Å². The maximum absolute atomic E-state index is 12.2. The number of aromatic nitrogens is 5. The van der Waals surface area contributed by atoms with Gasteiger partial charge in [-0.05, 0) is 51.0 Å². The zero-order valence-corrected chi connectivity index (χ0v) is 17.0. The van der Waals surface area contributed by atoms with E-state index < -0.39 is 0 Å². The second-order valence-corrected chi connectivity index (χ2v) is 8.57. The van der Waals surface area contributed by atoms with E-state index in [4.69, 9.17) is 0 Å². The number of fused-ring (bicyclic) bond motifs is 3. The first-order valence-electron chi connectivity index (χ1n) is 8.41. The largest absolute Gasteiger partial charge is 0.300 e. The fourth-order valence-corrected chi connectivity index (χ4v) is 4.49. The Morgan fingerprint density at radius 1 is 1.07 bits per heavy atom. The fourth-order valence-electron chi connectivity index (χ4n) is 3.14. The molecule has 3 aromatic heterocycles. The molecule has 9 heteroatoms. The third-order valence-electron chi connectivity index (χ3n) is 4.20. The SMILES string of the molecule is Cc1cc(C)c2c(c1)c(C)cc1nnc(SCC(=O)Nc3nnc(C)s3)n12. The molecule has 0 aliphatic carbocycles. The summed E-state index contributed by atoms with van der Waals surface area (Å²) >= 11 is 2.71. The minimum atomic E-state index is -0.142. The van der Waals surface area contributed by atoms with Crippen molar-refractivity contribution < 1.29 is 4.79 Å². The van der Waals surface area contributed by atoms with Gasteiger partial charge in [-0.3, -0.25) is 14.5 Å². The van der Waals surface area contributed by atoms with Crippen LogP contribution in [0, 0.1) is 27.7 Å². The van der Waals surface area contributed by atoms with Crippen molar-refractivity contribution in [1.82, 2.24) is 24.8 Å². The van der Waals surface area contributed by atoms with E-state index in [1.165, 1.54) is 34.0 Å². The quantitative estimate of drug-likeness (QED) is 0.528. The Kier molecular flexibility index (Phi) is 4.56. The van der Waals surface area contributed by atoms with Crippen LogP contribution in [0.2, 0.25) is 0 Å². The maximum Gasteiger partial charge on any atom is 0.236 e. The summed E-state index contributed by atoms with van der Waals surface area (Å²) in [5, 5.41) is 22.4. The van der Waals surface area contributed by atoms with Gasteiger partial charge in [-0.15, -0.1) is 20.4 Å². The third-order valence-corrected chi connectivity index (χ3v) is 5.89. The average Bonchev–Trinajstić information content (AvgIpc) is 3.19. The lowest BCUT2D eigenvalue weighted by atomic mass is 10.0. The highest BCUT2D eigenvalue weighted by Gasteiger charge is 2.15. The van der Waals surface area contributed by atoms with Crippen LogP contribution in [-0.4, -0.2) is 36.5 Å². The van der Waals surface area contributed by atoms with Crippen LogP contribution < -0.4 is 5.32 Å². The number of carbonyl (C=O) groups is 1.